The van der Waals surface area contributed by atoms with Gasteiger partial charge in [-0.05, 0) is 43.4 Å². The van der Waals surface area contributed by atoms with Crippen molar-refractivity contribution in [2.24, 2.45) is 23.2 Å². The van der Waals surface area contributed by atoms with Crippen molar-refractivity contribution in [2.75, 3.05) is 6.61 Å². The predicted molar refractivity (Wildman–Crippen MR) is 59.6 cm³/mol. The van der Waals surface area contributed by atoms with Crippen LogP contribution in [-0.4, -0.2) is 12.2 Å². The smallest absolute Gasteiger partial charge is 0.0807 e. The Bertz CT molecular complexity index is 296. The summed E-state index contributed by atoms with van der Waals surface area (Å²) in [6, 6.07) is 0. The molecule has 1 heteroatoms. The van der Waals surface area contributed by atoms with Gasteiger partial charge in [-0.25, -0.2) is 0 Å². The van der Waals surface area contributed by atoms with Crippen LogP contribution in [0.25, 0.3) is 0 Å². The molecule has 3 aliphatic carbocycles. The van der Waals surface area contributed by atoms with E-state index in [0.717, 1.165) is 24.4 Å². The van der Waals surface area contributed by atoms with Crippen LogP contribution < -0.4 is 0 Å². The third kappa shape index (κ3) is 0.769. The summed E-state index contributed by atoms with van der Waals surface area (Å²) in [6.07, 6.45) is 10.1. The molecule has 84 valence electrons. The quantitative estimate of drug-likeness (QED) is 0.590. The first kappa shape index (κ1) is 9.04. The molecule has 0 bridgehead atoms. The van der Waals surface area contributed by atoms with Gasteiger partial charge < -0.3 is 4.74 Å². The van der Waals surface area contributed by atoms with Gasteiger partial charge in [-0.15, -0.1) is 0 Å². The van der Waals surface area contributed by atoms with Gasteiger partial charge in [0.2, 0.25) is 0 Å². The minimum Gasteiger partial charge on any atom is -0.374 e. The number of rotatable bonds is 0. The first-order chi connectivity index (χ1) is 7.32. The summed E-state index contributed by atoms with van der Waals surface area (Å²) in [5.74, 6) is 2.94. The molecular weight excluding hydrogens is 184 g/mol. The highest BCUT2D eigenvalue weighted by Crippen LogP contribution is 2.86. The van der Waals surface area contributed by atoms with Crippen molar-refractivity contribution in [1.29, 1.82) is 0 Å². The molecule has 0 radical (unpaired) electrons. The van der Waals surface area contributed by atoms with E-state index in [1.165, 1.54) is 44.9 Å². The zero-order valence-electron chi connectivity index (χ0n) is 9.80. The Balaban J connectivity index is 1.69. The Morgan fingerprint density at radius 2 is 1.67 bits per heavy atom. The second kappa shape index (κ2) is 2.61. The van der Waals surface area contributed by atoms with Gasteiger partial charge in [0.15, 0.2) is 0 Å². The van der Waals surface area contributed by atoms with E-state index in [1.807, 2.05) is 0 Å². The zero-order valence-corrected chi connectivity index (χ0v) is 9.80. The predicted octanol–water partition coefficient (Wildman–Crippen LogP) is 3.38. The Labute approximate surface area is 92.6 Å². The van der Waals surface area contributed by atoms with Gasteiger partial charge in [0.1, 0.15) is 0 Å². The lowest BCUT2D eigenvalue weighted by atomic mass is 9.57. The highest BCUT2D eigenvalue weighted by Gasteiger charge is 2.88. The zero-order chi connectivity index (χ0) is 10.1. The Morgan fingerprint density at radius 1 is 0.933 bits per heavy atom. The number of hydrogen-bond donors (Lipinski definition) is 0. The van der Waals surface area contributed by atoms with Gasteiger partial charge in [0.05, 0.1) is 5.60 Å². The van der Waals surface area contributed by atoms with Crippen LogP contribution in [-0.2, 0) is 4.74 Å². The number of ether oxygens (including phenoxy) is 1. The molecule has 1 heterocycles. The number of hydrogen-bond acceptors (Lipinski definition) is 1. The van der Waals surface area contributed by atoms with Gasteiger partial charge in [-0.1, -0.05) is 26.2 Å². The lowest BCUT2D eigenvalue weighted by Gasteiger charge is -2.52. The second-order valence-corrected chi connectivity index (χ2v) is 6.47. The van der Waals surface area contributed by atoms with Crippen LogP contribution in [0.1, 0.15) is 51.9 Å². The molecule has 0 aromatic heterocycles. The van der Waals surface area contributed by atoms with E-state index in [1.54, 1.807) is 0 Å². The first-order valence-electron chi connectivity index (χ1n) is 6.96. The molecule has 0 amide bonds. The SMILES string of the molecule is CC12C3CCCCC3C13OCCCCC23. The summed E-state index contributed by atoms with van der Waals surface area (Å²) in [6.45, 7) is 3.59. The molecule has 1 saturated heterocycles. The highest BCUT2D eigenvalue weighted by molar-refractivity contribution is 5.37. The molecule has 0 N–H and O–H groups in total. The molecule has 0 aromatic carbocycles. The fourth-order valence-electron chi connectivity index (χ4n) is 5.77. The van der Waals surface area contributed by atoms with Crippen LogP contribution in [0.4, 0.5) is 0 Å². The normalized spacial score (nSPS) is 61.8. The fraction of sp³-hybridized carbons (Fsp3) is 1.00. The molecule has 1 nitrogen and oxygen atoms in total. The monoisotopic (exact) mass is 206 g/mol. The minimum atomic E-state index is 0.397. The molecule has 15 heavy (non-hydrogen) atoms. The van der Waals surface area contributed by atoms with E-state index in [9.17, 15) is 0 Å². The summed E-state index contributed by atoms with van der Waals surface area (Å²) >= 11 is 0. The van der Waals surface area contributed by atoms with E-state index in [-0.39, 0.29) is 0 Å². The van der Waals surface area contributed by atoms with Crippen molar-refractivity contribution < 1.29 is 4.74 Å². The molecular formula is C14H22O. The lowest BCUT2D eigenvalue weighted by Crippen LogP contribution is -2.52. The maximum absolute atomic E-state index is 6.34. The molecule has 4 fully saturated rings. The third-order valence-electron chi connectivity index (χ3n) is 6.32. The molecule has 1 aliphatic heterocycles. The van der Waals surface area contributed by atoms with E-state index in [4.69, 9.17) is 4.74 Å². The van der Waals surface area contributed by atoms with Crippen molar-refractivity contribution in [2.45, 2.75) is 57.5 Å². The minimum absolute atomic E-state index is 0.397. The van der Waals surface area contributed by atoms with Crippen LogP contribution >= 0.6 is 0 Å². The lowest BCUT2D eigenvalue weighted by molar-refractivity contribution is -0.152. The van der Waals surface area contributed by atoms with Crippen LogP contribution in [0.5, 0.6) is 0 Å². The molecule has 4 aliphatic rings. The first-order valence-corrected chi connectivity index (χ1v) is 6.96. The molecule has 0 aromatic rings. The topological polar surface area (TPSA) is 9.23 Å². The standard InChI is InChI=1S/C14H22O/c1-13-10-6-2-3-7-11(10)14(13)12(13)8-4-5-9-15-14/h10-12H,2-9H2,1H3. The van der Waals surface area contributed by atoms with Crippen LogP contribution in [0, 0.1) is 23.2 Å². The Kier molecular flexibility index (Phi) is 1.57. The summed E-state index contributed by atoms with van der Waals surface area (Å²) < 4.78 is 6.34. The van der Waals surface area contributed by atoms with E-state index in [0.29, 0.717) is 11.0 Å². The summed E-state index contributed by atoms with van der Waals surface area (Å²) in [7, 11) is 0. The highest BCUT2D eigenvalue weighted by atomic mass is 16.5. The Hall–Kier alpha value is -0.0400. The summed E-state index contributed by atoms with van der Waals surface area (Å²) in [5.41, 5.74) is 1.02. The average molecular weight is 206 g/mol. The molecule has 5 unspecified atom stereocenters. The largest absolute Gasteiger partial charge is 0.374 e. The van der Waals surface area contributed by atoms with Crippen molar-refractivity contribution in [3.8, 4) is 0 Å². The molecule has 1 spiro atoms. The third-order valence-corrected chi connectivity index (χ3v) is 6.32. The fourth-order valence-corrected chi connectivity index (χ4v) is 5.77. The van der Waals surface area contributed by atoms with E-state index < -0.39 is 0 Å². The van der Waals surface area contributed by atoms with Gasteiger partial charge in [0, 0.05) is 12.0 Å². The maximum Gasteiger partial charge on any atom is 0.0807 e. The van der Waals surface area contributed by atoms with E-state index >= 15 is 0 Å². The van der Waals surface area contributed by atoms with Crippen molar-refractivity contribution in [3.63, 3.8) is 0 Å². The van der Waals surface area contributed by atoms with Gasteiger partial charge in [-0.3, -0.25) is 0 Å². The van der Waals surface area contributed by atoms with Crippen LogP contribution in [0.15, 0.2) is 0 Å². The van der Waals surface area contributed by atoms with Crippen molar-refractivity contribution in [1.82, 2.24) is 0 Å². The molecule has 5 atom stereocenters. The summed E-state index contributed by atoms with van der Waals surface area (Å²) in [5, 5.41) is 0. The Morgan fingerprint density at radius 3 is 2.53 bits per heavy atom. The maximum atomic E-state index is 6.34. The molecule has 4 rings (SSSR count). The van der Waals surface area contributed by atoms with Gasteiger partial charge in [0.25, 0.3) is 0 Å². The second-order valence-electron chi connectivity index (χ2n) is 6.47. The number of fused-ring (bicyclic) bond motifs is 3. The molecule has 3 saturated carbocycles. The van der Waals surface area contributed by atoms with E-state index in [2.05, 4.69) is 6.92 Å². The average Bonchev–Trinajstić information content (AvgIpc) is 2.83. The van der Waals surface area contributed by atoms with Crippen molar-refractivity contribution >= 4 is 0 Å². The van der Waals surface area contributed by atoms with Crippen LogP contribution in [0.3, 0.4) is 0 Å². The van der Waals surface area contributed by atoms with Crippen LogP contribution in [0.2, 0.25) is 0 Å². The van der Waals surface area contributed by atoms with Crippen molar-refractivity contribution in [3.05, 3.63) is 0 Å². The van der Waals surface area contributed by atoms with Gasteiger partial charge in [-0.2, -0.15) is 0 Å². The van der Waals surface area contributed by atoms with Gasteiger partial charge >= 0.3 is 0 Å². The summed E-state index contributed by atoms with van der Waals surface area (Å²) in [4.78, 5) is 0.